The molecule has 2 aromatic heterocycles. The fraction of sp³-hybridized carbons (Fsp3) is 0.217. The number of carbonyl (C=O) groups excluding carboxylic acids is 1. The first-order valence-electron chi connectivity index (χ1n) is 10.4. The molecule has 4 rings (SSSR count). The van der Waals surface area contributed by atoms with E-state index in [9.17, 15) is 19.7 Å². The number of nitro groups is 1. The number of anilines is 1. The molecule has 0 saturated carbocycles. The fourth-order valence-electron chi connectivity index (χ4n) is 3.81. The largest absolute Gasteiger partial charge is 0.465 e. The van der Waals surface area contributed by atoms with Crippen LogP contribution in [0.25, 0.3) is 0 Å². The average Bonchev–Trinajstić information content (AvgIpc) is 2.82. The highest BCUT2D eigenvalue weighted by Gasteiger charge is 2.42. The summed E-state index contributed by atoms with van der Waals surface area (Å²) in [6.45, 7) is 5.91. The van der Waals surface area contributed by atoms with Crippen molar-refractivity contribution in [3.05, 3.63) is 98.2 Å². The summed E-state index contributed by atoms with van der Waals surface area (Å²) >= 11 is 1.28. The Morgan fingerprint density at radius 3 is 2.71 bits per heavy atom. The third kappa shape index (κ3) is 4.69. The number of fused-ring (bicyclic) bond motifs is 1. The van der Waals surface area contributed by atoms with Crippen molar-refractivity contribution in [3.63, 3.8) is 0 Å². The first-order chi connectivity index (χ1) is 16.4. The molecule has 34 heavy (non-hydrogen) atoms. The second-order valence-electron chi connectivity index (χ2n) is 7.49. The zero-order chi connectivity index (χ0) is 24.2. The highest BCUT2D eigenvalue weighted by molar-refractivity contribution is 7.98. The van der Waals surface area contributed by atoms with Crippen molar-refractivity contribution in [1.82, 2.24) is 15.0 Å². The van der Waals surface area contributed by atoms with Crippen LogP contribution in [0.4, 0.5) is 11.5 Å². The molecule has 0 saturated heterocycles. The van der Waals surface area contributed by atoms with Gasteiger partial charge in [-0.2, -0.15) is 0 Å². The van der Waals surface area contributed by atoms with E-state index in [0.717, 1.165) is 5.56 Å². The van der Waals surface area contributed by atoms with Crippen molar-refractivity contribution in [2.45, 2.75) is 23.8 Å². The number of pyridine rings is 1. The van der Waals surface area contributed by atoms with Crippen LogP contribution in [0.2, 0.25) is 0 Å². The lowest BCUT2D eigenvalue weighted by molar-refractivity contribution is -0.384. The molecule has 11 heteroatoms. The molecule has 3 aromatic rings. The molecule has 10 nitrogen and oxygen atoms in total. The fourth-order valence-corrected chi connectivity index (χ4v) is 4.62. The number of hydrogen-bond donors (Lipinski definition) is 2. The predicted molar refractivity (Wildman–Crippen MR) is 126 cm³/mol. The van der Waals surface area contributed by atoms with E-state index in [1.165, 1.54) is 23.9 Å². The summed E-state index contributed by atoms with van der Waals surface area (Å²) in [7, 11) is 0. The molecule has 2 unspecified atom stereocenters. The molecular formula is C23H21N5O5S. The number of aromatic nitrogens is 3. The van der Waals surface area contributed by atoms with Gasteiger partial charge in [-0.1, -0.05) is 36.5 Å². The molecule has 2 N–H and O–H groups in total. The lowest BCUT2D eigenvalue weighted by atomic mass is 9.78. The number of esters is 1. The van der Waals surface area contributed by atoms with Crippen LogP contribution in [0.15, 0.2) is 71.0 Å². The maximum Gasteiger partial charge on any atom is 0.315 e. The second kappa shape index (κ2) is 9.87. The topological polar surface area (TPSA) is 140 Å². The quantitative estimate of drug-likeness (QED) is 0.171. The summed E-state index contributed by atoms with van der Waals surface area (Å²) in [6.07, 6.45) is 3.22. The number of benzene rings is 1. The number of thioether (sulfide) groups is 1. The molecule has 0 fully saturated rings. The number of nitrogens with zero attached hydrogens (tertiary/aromatic N) is 3. The third-order valence-electron chi connectivity index (χ3n) is 5.34. The summed E-state index contributed by atoms with van der Waals surface area (Å²) in [5, 5.41) is 14.2. The maximum absolute atomic E-state index is 13.2. The molecule has 1 aliphatic heterocycles. The normalized spacial score (nSPS) is 16.9. The molecule has 1 aromatic carbocycles. The van der Waals surface area contributed by atoms with Crippen molar-refractivity contribution >= 4 is 29.2 Å². The van der Waals surface area contributed by atoms with Crippen LogP contribution in [0.1, 0.15) is 29.5 Å². The minimum atomic E-state index is -0.821. The minimum absolute atomic E-state index is 0.00868. The van der Waals surface area contributed by atoms with E-state index in [1.54, 1.807) is 43.6 Å². The van der Waals surface area contributed by atoms with Crippen LogP contribution in [-0.4, -0.2) is 32.5 Å². The monoisotopic (exact) mass is 479 g/mol. The van der Waals surface area contributed by atoms with Crippen LogP contribution in [0.5, 0.6) is 0 Å². The Kier molecular flexibility index (Phi) is 6.73. The Hall–Kier alpha value is -3.99. The zero-order valence-electron chi connectivity index (χ0n) is 18.2. The van der Waals surface area contributed by atoms with Crippen LogP contribution < -0.4 is 10.9 Å². The van der Waals surface area contributed by atoms with Crippen molar-refractivity contribution in [2.75, 3.05) is 11.9 Å². The van der Waals surface area contributed by atoms with Crippen molar-refractivity contribution < 1.29 is 14.5 Å². The summed E-state index contributed by atoms with van der Waals surface area (Å²) in [5.41, 5.74) is 1.81. The van der Waals surface area contributed by atoms with Gasteiger partial charge in [-0.15, -0.1) is 0 Å². The number of rotatable bonds is 7. The van der Waals surface area contributed by atoms with Gasteiger partial charge < -0.3 is 15.0 Å². The second-order valence-corrected chi connectivity index (χ2v) is 8.45. The van der Waals surface area contributed by atoms with Gasteiger partial charge in [-0.25, -0.2) is 4.98 Å². The Labute approximate surface area is 198 Å². The first-order valence-corrected chi connectivity index (χ1v) is 11.4. The molecule has 3 heterocycles. The van der Waals surface area contributed by atoms with Gasteiger partial charge in [0.25, 0.3) is 11.2 Å². The van der Waals surface area contributed by atoms with E-state index < -0.39 is 22.7 Å². The van der Waals surface area contributed by atoms with Gasteiger partial charge in [0.1, 0.15) is 11.7 Å². The Balaban J connectivity index is 1.67. The average molecular weight is 480 g/mol. The lowest BCUT2D eigenvalue weighted by Crippen LogP contribution is -2.38. The summed E-state index contributed by atoms with van der Waals surface area (Å²) in [5.74, 6) is -1.22. The molecular weight excluding hydrogens is 458 g/mol. The van der Waals surface area contributed by atoms with Crippen LogP contribution in [0, 0.1) is 16.0 Å². The molecule has 1 aliphatic rings. The highest BCUT2D eigenvalue weighted by atomic mass is 32.2. The van der Waals surface area contributed by atoms with Crippen molar-refractivity contribution in [2.24, 2.45) is 5.92 Å². The molecule has 174 valence electrons. The Bertz CT molecular complexity index is 1290. The molecule has 0 aliphatic carbocycles. The standard InChI is InChI=1S/C23H21N5O5S/c1-3-33-22(30)17-13(2)25-20-19(18(17)15-5-4-10-24-11-15)21(29)27-23(26-20)34-12-14-6-8-16(9-7-14)28(31)32/h4-11,17-18H,2-3,12H2,1H3,(H2,25,26,27,29). The smallest absolute Gasteiger partial charge is 0.315 e. The summed E-state index contributed by atoms with van der Waals surface area (Å²) in [4.78, 5) is 47.8. The van der Waals surface area contributed by atoms with Gasteiger partial charge in [0.05, 0.1) is 17.1 Å². The maximum atomic E-state index is 13.2. The third-order valence-corrected chi connectivity index (χ3v) is 6.28. The Morgan fingerprint density at radius 2 is 2.06 bits per heavy atom. The minimum Gasteiger partial charge on any atom is -0.465 e. The number of aromatic amines is 1. The Morgan fingerprint density at radius 1 is 1.29 bits per heavy atom. The van der Waals surface area contributed by atoms with Gasteiger partial charge in [0.15, 0.2) is 5.16 Å². The highest BCUT2D eigenvalue weighted by Crippen LogP contribution is 2.42. The first kappa shape index (κ1) is 23.2. The van der Waals surface area contributed by atoms with Gasteiger partial charge in [0, 0.05) is 41.9 Å². The van der Waals surface area contributed by atoms with Gasteiger partial charge in [0.2, 0.25) is 0 Å². The number of carbonyl (C=O) groups is 1. The van der Waals surface area contributed by atoms with E-state index in [0.29, 0.717) is 33.6 Å². The lowest BCUT2D eigenvalue weighted by Gasteiger charge is -2.33. The van der Waals surface area contributed by atoms with E-state index in [-0.39, 0.29) is 17.9 Å². The molecule has 0 bridgehead atoms. The van der Waals surface area contributed by atoms with Crippen LogP contribution in [0.3, 0.4) is 0 Å². The number of nitro benzene ring substituents is 1. The van der Waals surface area contributed by atoms with Gasteiger partial charge >= 0.3 is 5.97 Å². The predicted octanol–water partition coefficient (Wildman–Crippen LogP) is 3.62. The van der Waals surface area contributed by atoms with Gasteiger partial charge in [-0.05, 0) is 24.1 Å². The SMILES string of the molecule is C=C1Nc2nc(SCc3ccc([N+](=O)[O-])cc3)[nH]c(=O)c2C(c2cccnc2)C1C(=O)OCC. The summed E-state index contributed by atoms with van der Waals surface area (Å²) < 4.78 is 5.25. The van der Waals surface area contributed by atoms with Crippen LogP contribution >= 0.6 is 11.8 Å². The summed E-state index contributed by atoms with van der Waals surface area (Å²) in [6, 6.07) is 9.70. The molecule has 0 amide bonds. The van der Waals surface area contributed by atoms with E-state index in [4.69, 9.17) is 4.74 Å². The number of non-ortho nitro benzene ring substituents is 1. The molecule has 0 spiro atoms. The number of hydrogen-bond acceptors (Lipinski definition) is 9. The van der Waals surface area contributed by atoms with E-state index in [2.05, 4.69) is 26.8 Å². The van der Waals surface area contributed by atoms with Crippen LogP contribution in [-0.2, 0) is 15.3 Å². The number of ether oxygens (including phenoxy) is 1. The number of H-pyrrole nitrogens is 1. The van der Waals surface area contributed by atoms with Crippen molar-refractivity contribution in [1.29, 1.82) is 0 Å². The zero-order valence-corrected chi connectivity index (χ0v) is 19.0. The molecule has 0 radical (unpaired) electrons. The van der Waals surface area contributed by atoms with E-state index >= 15 is 0 Å². The van der Waals surface area contributed by atoms with Crippen molar-refractivity contribution in [3.8, 4) is 0 Å². The number of nitrogens with one attached hydrogen (secondary N) is 2. The van der Waals surface area contributed by atoms with E-state index in [1.807, 2.05) is 0 Å². The molecule has 2 atom stereocenters. The van der Waals surface area contributed by atoms with Gasteiger partial charge in [-0.3, -0.25) is 24.7 Å².